The minimum atomic E-state index is 0.122. The number of nitrogens with two attached hydrogens (primary N) is 1. The Hall–Kier alpha value is -0.610. The molecule has 0 heterocycles. The first-order chi connectivity index (χ1) is 8.40. The van der Waals surface area contributed by atoms with Crippen LogP contribution in [0.1, 0.15) is 39.5 Å². The number of carbonyl (C=O) groups excluding carboxylic acids is 1. The summed E-state index contributed by atoms with van der Waals surface area (Å²) in [5, 5.41) is 3.20. The lowest BCUT2D eigenvalue weighted by Gasteiger charge is -2.30. The van der Waals surface area contributed by atoms with Crippen LogP contribution < -0.4 is 11.1 Å². The molecule has 0 spiro atoms. The van der Waals surface area contributed by atoms with Crippen LogP contribution in [0.15, 0.2) is 0 Å². The molecule has 0 bridgehead atoms. The van der Waals surface area contributed by atoms with E-state index in [4.69, 9.17) is 5.73 Å². The molecule has 18 heavy (non-hydrogen) atoms. The first-order valence-corrected chi connectivity index (χ1v) is 7.10. The maximum atomic E-state index is 12.3. The Morgan fingerprint density at radius 1 is 1.39 bits per heavy atom. The second-order valence-corrected chi connectivity index (χ2v) is 6.24. The molecule has 0 aromatic rings. The molecule has 1 rings (SSSR count). The molecule has 0 saturated heterocycles. The van der Waals surface area contributed by atoms with E-state index in [0.29, 0.717) is 5.92 Å². The predicted molar refractivity (Wildman–Crippen MR) is 75.3 cm³/mol. The van der Waals surface area contributed by atoms with E-state index >= 15 is 0 Å². The quantitative estimate of drug-likeness (QED) is 0.776. The van der Waals surface area contributed by atoms with E-state index in [-0.39, 0.29) is 23.9 Å². The predicted octanol–water partition coefficient (Wildman–Crippen LogP) is 1.21. The molecule has 1 aliphatic rings. The average molecular weight is 255 g/mol. The van der Waals surface area contributed by atoms with E-state index in [1.807, 2.05) is 14.1 Å². The van der Waals surface area contributed by atoms with Crippen molar-refractivity contribution in [2.24, 2.45) is 17.6 Å². The highest BCUT2D eigenvalue weighted by Crippen LogP contribution is 2.23. The van der Waals surface area contributed by atoms with Crippen LogP contribution >= 0.6 is 0 Å². The highest BCUT2D eigenvalue weighted by Gasteiger charge is 2.27. The number of carbonyl (C=O) groups is 1. The number of hydrogen-bond acceptors (Lipinski definition) is 3. The van der Waals surface area contributed by atoms with Crippen molar-refractivity contribution in [2.75, 3.05) is 20.6 Å². The zero-order valence-corrected chi connectivity index (χ0v) is 12.3. The normalized spacial score (nSPS) is 26.4. The van der Waals surface area contributed by atoms with Gasteiger partial charge in [0, 0.05) is 24.5 Å². The van der Waals surface area contributed by atoms with Crippen molar-refractivity contribution in [2.45, 2.75) is 51.6 Å². The molecular weight excluding hydrogens is 226 g/mol. The molecule has 4 heteroatoms. The molecule has 0 radical (unpaired) electrons. The Labute approximate surface area is 111 Å². The Bertz CT molecular complexity index is 266. The van der Waals surface area contributed by atoms with Gasteiger partial charge >= 0.3 is 0 Å². The van der Waals surface area contributed by atoms with Gasteiger partial charge in [-0.05, 0) is 39.3 Å². The van der Waals surface area contributed by atoms with Crippen molar-refractivity contribution in [1.82, 2.24) is 10.2 Å². The van der Waals surface area contributed by atoms with E-state index < -0.39 is 0 Å². The first kappa shape index (κ1) is 15.4. The fourth-order valence-corrected chi connectivity index (χ4v) is 2.58. The lowest BCUT2D eigenvalue weighted by molar-refractivity contribution is -0.127. The van der Waals surface area contributed by atoms with E-state index in [0.717, 1.165) is 32.2 Å². The molecule has 1 fully saturated rings. The summed E-state index contributed by atoms with van der Waals surface area (Å²) in [4.78, 5) is 14.4. The van der Waals surface area contributed by atoms with Crippen LogP contribution in [-0.2, 0) is 4.79 Å². The summed E-state index contributed by atoms with van der Waals surface area (Å²) in [6.07, 6.45) is 3.99. The summed E-state index contributed by atoms with van der Waals surface area (Å²) < 4.78 is 0. The molecule has 1 amide bonds. The van der Waals surface area contributed by atoms with Crippen molar-refractivity contribution < 1.29 is 4.79 Å². The average Bonchev–Trinajstić information content (AvgIpc) is 2.27. The fourth-order valence-electron chi connectivity index (χ4n) is 2.58. The summed E-state index contributed by atoms with van der Waals surface area (Å²) in [6.45, 7) is 5.20. The van der Waals surface area contributed by atoms with Crippen LogP contribution in [0.25, 0.3) is 0 Å². The standard InChI is InChI=1S/C14H29N3O/c1-10(2)13(9-17(3)4)16-14(18)11-6-5-7-12(15)8-11/h10-13H,5-9,15H2,1-4H3,(H,16,18). The number of rotatable bonds is 5. The largest absolute Gasteiger partial charge is 0.352 e. The summed E-state index contributed by atoms with van der Waals surface area (Å²) in [7, 11) is 4.08. The third kappa shape index (κ3) is 4.94. The SMILES string of the molecule is CC(C)C(CN(C)C)NC(=O)C1CCCC(N)C1. The molecule has 4 nitrogen and oxygen atoms in total. The van der Waals surface area contributed by atoms with Gasteiger partial charge in [-0.2, -0.15) is 0 Å². The molecule has 3 unspecified atom stereocenters. The molecule has 0 aliphatic heterocycles. The van der Waals surface area contributed by atoms with Gasteiger partial charge in [0.2, 0.25) is 5.91 Å². The van der Waals surface area contributed by atoms with Crippen LogP contribution in [0.3, 0.4) is 0 Å². The maximum Gasteiger partial charge on any atom is 0.223 e. The number of likely N-dealkylation sites (N-methyl/N-ethyl adjacent to an activating group) is 1. The van der Waals surface area contributed by atoms with Gasteiger partial charge in [0.05, 0.1) is 0 Å². The lowest BCUT2D eigenvalue weighted by atomic mass is 9.85. The van der Waals surface area contributed by atoms with Crippen molar-refractivity contribution in [3.05, 3.63) is 0 Å². The summed E-state index contributed by atoms with van der Waals surface area (Å²) >= 11 is 0. The van der Waals surface area contributed by atoms with E-state index in [2.05, 4.69) is 24.1 Å². The smallest absolute Gasteiger partial charge is 0.223 e. The lowest BCUT2D eigenvalue weighted by Crippen LogP contribution is -2.48. The minimum absolute atomic E-state index is 0.122. The van der Waals surface area contributed by atoms with Crippen LogP contribution in [0, 0.1) is 11.8 Å². The van der Waals surface area contributed by atoms with E-state index in [1.54, 1.807) is 0 Å². The highest BCUT2D eigenvalue weighted by molar-refractivity contribution is 5.79. The summed E-state index contributed by atoms with van der Waals surface area (Å²) in [5.74, 6) is 0.775. The van der Waals surface area contributed by atoms with Crippen LogP contribution in [-0.4, -0.2) is 43.5 Å². The summed E-state index contributed by atoms with van der Waals surface area (Å²) in [5.41, 5.74) is 5.95. The summed E-state index contributed by atoms with van der Waals surface area (Å²) in [6, 6.07) is 0.437. The van der Waals surface area contributed by atoms with Crippen LogP contribution in [0.2, 0.25) is 0 Å². The number of amides is 1. The first-order valence-electron chi connectivity index (χ1n) is 7.10. The Kier molecular flexibility index (Phi) is 6.09. The van der Waals surface area contributed by atoms with Gasteiger partial charge in [0.15, 0.2) is 0 Å². The van der Waals surface area contributed by atoms with Crippen molar-refractivity contribution in [3.8, 4) is 0 Å². The van der Waals surface area contributed by atoms with Gasteiger partial charge in [-0.3, -0.25) is 4.79 Å². The highest BCUT2D eigenvalue weighted by atomic mass is 16.1. The Balaban J connectivity index is 2.49. The molecule has 0 aromatic heterocycles. The zero-order chi connectivity index (χ0) is 13.7. The zero-order valence-electron chi connectivity index (χ0n) is 12.3. The van der Waals surface area contributed by atoms with Gasteiger partial charge in [-0.25, -0.2) is 0 Å². The van der Waals surface area contributed by atoms with Gasteiger partial charge in [-0.1, -0.05) is 20.3 Å². The molecule has 106 valence electrons. The number of nitrogens with one attached hydrogen (secondary N) is 1. The number of hydrogen-bond donors (Lipinski definition) is 2. The van der Waals surface area contributed by atoms with E-state index in [9.17, 15) is 4.79 Å². The topological polar surface area (TPSA) is 58.4 Å². The Morgan fingerprint density at radius 3 is 2.56 bits per heavy atom. The van der Waals surface area contributed by atoms with Gasteiger partial charge < -0.3 is 16.0 Å². The Morgan fingerprint density at radius 2 is 2.06 bits per heavy atom. The molecule has 3 atom stereocenters. The third-order valence-electron chi connectivity index (χ3n) is 3.78. The monoisotopic (exact) mass is 255 g/mol. The third-order valence-corrected chi connectivity index (χ3v) is 3.78. The number of nitrogens with zero attached hydrogens (tertiary/aromatic N) is 1. The molecule has 0 aromatic carbocycles. The van der Waals surface area contributed by atoms with Crippen molar-refractivity contribution in [3.63, 3.8) is 0 Å². The molecule has 3 N–H and O–H groups in total. The van der Waals surface area contributed by atoms with Crippen LogP contribution in [0.5, 0.6) is 0 Å². The van der Waals surface area contributed by atoms with Crippen molar-refractivity contribution >= 4 is 5.91 Å². The van der Waals surface area contributed by atoms with Crippen molar-refractivity contribution in [1.29, 1.82) is 0 Å². The van der Waals surface area contributed by atoms with E-state index in [1.165, 1.54) is 0 Å². The second kappa shape index (κ2) is 7.10. The maximum absolute atomic E-state index is 12.3. The second-order valence-electron chi connectivity index (χ2n) is 6.24. The molecule has 1 aliphatic carbocycles. The van der Waals surface area contributed by atoms with Gasteiger partial charge in [0.25, 0.3) is 0 Å². The molecular formula is C14H29N3O. The van der Waals surface area contributed by atoms with Gasteiger partial charge in [0.1, 0.15) is 0 Å². The minimum Gasteiger partial charge on any atom is -0.352 e. The van der Waals surface area contributed by atoms with Crippen LogP contribution in [0.4, 0.5) is 0 Å². The van der Waals surface area contributed by atoms with Gasteiger partial charge in [-0.15, -0.1) is 0 Å². The fraction of sp³-hybridized carbons (Fsp3) is 0.929. The molecule has 1 saturated carbocycles.